The van der Waals surface area contributed by atoms with E-state index in [1.165, 1.54) is 0 Å². The minimum absolute atomic E-state index is 0. The molecule has 0 aromatic rings. The third-order valence-electron chi connectivity index (χ3n) is 9.34. The minimum Gasteiger partial charge on any atom is -1.00 e. The third-order valence-corrected chi connectivity index (χ3v) is 9.34. The average molecular weight is 499 g/mol. The van der Waals surface area contributed by atoms with Crippen molar-refractivity contribution in [1.82, 2.24) is 0 Å². The van der Waals surface area contributed by atoms with Gasteiger partial charge in [-0.3, -0.25) is 19.2 Å². The van der Waals surface area contributed by atoms with Gasteiger partial charge in [0, 0.05) is 16.7 Å². The Kier molecular flexibility index (Phi) is 7.96. The van der Waals surface area contributed by atoms with Crippen LogP contribution in [0.25, 0.3) is 0 Å². The number of ketones is 2. The van der Waals surface area contributed by atoms with Gasteiger partial charge in [0.05, 0.1) is 18.9 Å². The van der Waals surface area contributed by atoms with E-state index in [1.807, 2.05) is 13.0 Å². The quantitative estimate of drug-likeness (QED) is 0.324. The SMILES string of the molecule is C[C@H]1C[C@@H]2[C@H]([C@@H](O)C[C@@]3(C)[C@H]2CC[C@]3(O)C(=O)COC(=O)CCC(=O)O)[C@@]2(C)C=CC(=O)C=C12.[H-].[Na+]. The van der Waals surface area contributed by atoms with Crippen LogP contribution in [0.15, 0.2) is 23.8 Å². The second kappa shape index (κ2) is 9.86. The van der Waals surface area contributed by atoms with Gasteiger partial charge >= 0.3 is 41.5 Å². The molecule has 8 atom stereocenters. The predicted octanol–water partition coefficient (Wildman–Crippen LogP) is -0.664. The van der Waals surface area contributed by atoms with E-state index in [-0.39, 0.29) is 86.1 Å². The summed E-state index contributed by atoms with van der Waals surface area (Å²) in [5, 5.41) is 31.7. The first-order valence-corrected chi connectivity index (χ1v) is 12.1. The van der Waals surface area contributed by atoms with Gasteiger partial charge in [-0.1, -0.05) is 32.4 Å². The molecule has 4 aliphatic carbocycles. The summed E-state index contributed by atoms with van der Waals surface area (Å²) < 4.78 is 4.98. The Bertz CT molecular complexity index is 994. The van der Waals surface area contributed by atoms with Gasteiger partial charge in [-0.05, 0) is 55.6 Å². The molecule has 4 aliphatic rings. The Hall–Kier alpha value is -1.32. The van der Waals surface area contributed by atoms with E-state index in [4.69, 9.17) is 9.84 Å². The predicted molar refractivity (Wildman–Crippen MR) is 121 cm³/mol. The molecule has 0 aromatic carbocycles. The minimum atomic E-state index is -1.74. The summed E-state index contributed by atoms with van der Waals surface area (Å²) in [7, 11) is 0. The summed E-state index contributed by atoms with van der Waals surface area (Å²) in [6.07, 6.45) is 5.52. The van der Waals surface area contributed by atoms with Gasteiger partial charge < -0.3 is 21.5 Å². The van der Waals surface area contributed by atoms with Crippen molar-refractivity contribution in [1.29, 1.82) is 0 Å². The van der Waals surface area contributed by atoms with Crippen molar-refractivity contribution < 1.29 is 70.2 Å². The Labute approximate surface area is 229 Å². The topological polar surface area (TPSA) is 138 Å². The molecule has 35 heavy (non-hydrogen) atoms. The van der Waals surface area contributed by atoms with Crippen molar-refractivity contribution in [2.75, 3.05) is 6.61 Å². The molecule has 3 fully saturated rings. The number of esters is 1. The number of fused-ring (bicyclic) bond motifs is 5. The maximum Gasteiger partial charge on any atom is 1.00 e. The number of ether oxygens (including phenoxy) is 1. The molecule has 3 saturated carbocycles. The van der Waals surface area contributed by atoms with Crippen LogP contribution < -0.4 is 29.6 Å². The number of aliphatic hydroxyl groups is 2. The number of Topliss-reactive ketones (excluding diaryl/α,β-unsaturated/α-hetero) is 1. The van der Waals surface area contributed by atoms with E-state index < -0.39 is 46.9 Å². The zero-order valence-electron chi connectivity index (χ0n) is 22.0. The van der Waals surface area contributed by atoms with Crippen LogP contribution in [0.3, 0.4) is 0 Å². The fourth-order valence-corrected chi connectivity index (χ4v) is 7.76. The first-order chi connectivity index (χ1) is 15.8. The number of hydrogen-bond donors (Lipinski definition) is 3. The van der Waals surface area contributed by atoms with E-state index in [1.54, 1.807) is 12.2 Å². The van der Waals surface area contributed by atoms with Crippen LogP contribution in [0.1, 0.15) is 60.7 Å². The van der Waals surface area contributed by atoms with Gasteiger partial charge in [0.25, 0.3) is 0 Å². The van der Waals surface area contributed by atoms with Crippen molar-refractivity contribution in [3.8, 4) is 0 Å². The number of allylic oxidation sites excluding steroid dienone is 4. The molecule has 0 heterocycles. The number of carboxylic acid groups (broad SMARTS) is 1. The van der Waals surface area contributed by atoms with Crippen molar-refractivity contribution in [2.45, 2.75) is 71.0 Å². The molecule has 4 rings (SSSR count). The van der Waals surface area contributed by atoms with Gasteiger partial charge in [0.1, 0.15) is 5.60 Å². The maximum absolute atomic E-state index is 13.1. The van der Waals surface area contributed by atoms with Crippen molar-refractivity contribution >= 4 is 23.5 Å². The van der Waals surface area contributed by atoms with Crippen molar-refractivity contribution in [3.63, 3.8) is 0 Å². The summed E-state index contributed by atoms with van der Waals surface area (Å²) in [6, 6.07) is 0. The fraction of sp³-hybridized carbons (Fsp3) is 0.692. The molecule has 0 spiro atoms. The number of aliphatic hydroxyl groups excluding tert-OH is 1. The molecule has 188 valence electrons. The molecule has 0 aliphatic heterocycles. The van der Waals surface area contributed by atoms with Gasteiger partial charge in [-0.25, -0.2) is 0 Å². The summed E-state index contributed by atoms with van der Waals surface area (Å²) in [5.41, 5.74) is -2.04. The molecule has 3 N–H and O–H groups in total. The third kappa shape index (κ3) is 4.50. The Balaban J connectivity index is 0.00000228. The molecule has 0 amide bonds. The molecular formula is C26H35NaO8. The van der Waals surface area contributed by atoms with Crippen LogP contribution in [-0.2, 0) is 23.9 Å². The Morgan fingerprint density at radius 3 is 2.57 bits per heavy atom. The number of carbonyl (C=O) groups excluding carboxylic acids is 3. The number of rotatable bonds is 6. The van der Waals surface area contributed by atoms with E-state index in [2.05, 4.69) is 13.8 Å². The number of carbonyl (C=O) groups is 4. The van der Waals surface area contributed by atoms with Crippen LogP contribution in [0.2, 0.25) is 0 Å². The Morgan fingerprint density at radius 2 is 1.91 bits per heavy atom. The number of carboxylic acids is 1. The molecular weight excluding hydrogens is 463 g/mol. The first-order valence-electron chi connectivity index (χ1n) is 12.1. The summed E-state index contributed by atoms with van der Waals surface area (Å²) in [4.78, 5) is 47.7. The van der Waals surface area contributed by atoms with E-state index in [0.29, 0.717) is 6.42 Å². The molecule has 8 nitrogen and oxygen atoms in total. The van der Waals surface area contributed by atoms with Crippen molar-refractivity contribution in [2.24, 2.45) is 34.5 Å². The zero-order chi connectivity index (χ0) is 25.1. The smallest absolute Gasteiger partial charge is 1.00 e. The van der Waals surface area contributed by atoms with Crippen LogP contribution in [0.5, 0.6) is 0 Å². The van der Waals surface area contributed by atoms with Gasteiger partial charge in [-0.2, -0.15) is 0 Å². The molecule has 0 aromatic heterocycles. The molecule has 0 unspecified atom stereocenters. The van der Waals surface area contributed by atoms with E-state index in [0.717, 1.165) is 12.0 Å². The summed E-state index contributed by atoms with van der Waals surface area (Å²) in [5.74, 6) is -2.51. The molecule has 0 saturated heterocycles. The summed E-state index contributed by atoms with van der Waals surface area (Å²) in [6.45, 7) is 5.40. The molecule has 0 bridgehead atoms. The van der Waals surface area contributed by atoms with Crippen molar-refractivity contribution in [3.05, 3.63) is 23.8 Å². The largest absolute Gasteiger partial charge is 1.00 e. The molecule has 9 heteroatoms. The second-order valence-corrected chi connectivity index (χ2v) is 11.1. The zero-order valence-corrected chi connectivity index (χ0v) is 23.0. The summed E-state index contributed by atoms with van der Waals surface area (Å²) >= 11 is 0. The number of aliphatic carboxylic acids is 1. The first kappa shape index (κ1) is 28.3. The van der Waals surface area contributed by atoms with Gasteiger partial charge in [0.2, 0.25) is 5.78 Å². The average Bonchev–Trinajstić information content (AvgIpc) is 3.03. The van der Waals surface area contributed by atoms with Crippen LogP contribution in [0.4, 0.5) is 0 Å². The monoisotopic (exact) mass is 498 g/mol. The van der Waals surface area contributed by atoms with E-state index in [9.17, 15) is 29.4 Å². The van der Waals surface area contributed by atoms with Crippen LogP contribution in [0, 0.1) is 34.5 Å². The fourth-order valence-electron chi connectivity index (χ4n) is 7.76. The van der Waals surface area contributed by atoms with Crippen LogP contribution >= 0.6 is 0 Å². The maximum atomic E-state index is 13.1. The van der Waals surface area contributed by atoms with Crippen LogP contribution in [-0.4, -0.2) is 57.1 Å². The number of hydrogen-bond acceptors (Lipinski definition) is 7. The Morgan fingerprint density at radius 1 is 1.23 bits per heavy atom. The normalized spacial score (nSPS) is 41.6. The van der Waals surface area contributed by atoms with Gasteiger partial charge in [0.15, 0.2) is 12.4 Å². The van der Waals surface area contributed by atoms with Gasteiger partial charge in [-0.15, -0.1) is 0 Å². The molecule has 0 radical (unpaired) electrons. The van der Waals surface area contributed by atoms with E-state index >= 15 is 0 Å². The second-order valence-electron chi connectivity index (χ2n) is 11.1. The standard InChI is InChI=1S/C26H34O8.Na.H/c1-14-10-16-17-7-9-26(33,20(29)13-34-22(32)5-4-21(30)31)25(17,3)12-19(28)23(16)24(2)8-6-15(27)11-18(14)24;;/h6,8,11,14,16-17,19,23,28,33H,4-5,7,9-10,12-13H2,1-3H3,(H,30,31);;/q;+1;-1/t14-,16-,17-,19-,23+,24-,25-,26-;;/m0../s1.